The molecule has 0 aliphatic carbocycles. The van der Waals surface area contributed by atoms with Gasteiger partial charge in [-0.1, -0.05) is 12.1 Å². The molecule has 0 atom stereocenters. The van der Waals surface area contributed by atoms with Gasteiger partial charge in [0.1, 0.15) is 11.1 Å². The Hall–Kier alpha value is -3.47. The van der Waals surface area contributed by atoms with Gasteiger partial charge in [-0.25, -0.2) is 13.4 Å². The van der Waals surface area contributed by atoms with E-state index in [-0.39, 0.29) is 16.7 Å². The molecule has 10 nitrogen and oxygen atoms in total. The Bertz CT molecular complexity index is 1290. The normalized spacial score (nSPS) is 11.3. The number of H-pyrrole nitrogens is 1. The lowest BCUT2D eigenvalue weighted by Gasteiger charge is -2.19. The smallest absolute Gasteiger partial charge is 0.264 e. The van der Waals surface area contributed by atoms with E-state index in [0.29, 0.717) is 35.3 Å². The third-order valence-electron chi connectivity index (χ3n) is 4.61. The van der Waals surface area contributed by atoms with Crippen molar-refractivity contribution in [3.8, 4) is 23.0 Å². The quantitative estimate of drug-likeness (QED) is 0.508. The van der Waals surface area contributed by atoms with Crippen LogP contribution in [0.2, 0.25) is 0 Å². The van der Waals surface area contributed by atoms with Gasteiger partial charge in [-0.15, -0.1) is 0 Å². The van der Waals surface area contributed by atoms with Gasteiger partial charge in [0, 0.05) is 25.9 Å². The lowest BCUT2D eigenvalue weighted by Crippen LogP contribution is -2.23. The Balaban J connectivity index is 1.94. The van der Waals surface area contributed by atoms with Crippen LogP contribution in [0.15, 0.2) is 35.1 Å². The zero-order valence-corrected chi connectivity index (χ0v) is 19.3. The number of anilines is 1. The van der Waals surface area contributed by atoms with Crippen LogP contribution >= 0.6 is 0 Å². The van der Waals surface area contributed by atoms with E-state index in [9.17, 15) is 13.2 Å². The first kappa shape index (κ1) is 23.2. The fourth-order valence-corrected chi connectivity index (χ4v) is 3.55. The second kappa shape index (κ2) is 9.35. The predicted molar refractivity (Wildman–Crippen MR) is 121 cm³/mol. The van der Waals surface area contributed by atoms with Crippen molar-refractivity contribution in [1.82, 2.24) is 9.97 Å². The van der Waals surface area contributed by atoms with Crippen LogP contribution in [0, 0.1) is 0 Å². The number of sulfone groups is 1. The van der Waals surface area contributed by atoms with Gasteiger partial charge < -0.3 is 23.8 Å². The van der Waals surface area contributed by atoms with Crippen LogP contribution in [0.25, 0.3) is 10.9 Å². The average Bonchev–Trinajstić information content (AvgIpc) is 2.75. The summed E-state index contributed by atoms with van der Waals surface area (Å²) < 4.78 is 44.1. The molecule has 3 aromatic rings. The van der Waals surface area contributed by atoms with Crippen molar-refractivity contribution in [1.29, 1.82) is 0 Å². The zero-order valence-electron chi connectivity index (χ0n) is 18.5. The number of rotatable bonds is 9. The van der Waals surface area contributed by atoms with Crippen LogP contribution in [0.5, 0.6) is 23.0 Å². The molecule has 0 saturated heterocycles. The molecule has 1 heterocycles. The molecule has 0 amide bonds. The monoisotopic (exact) mass is 463 g/mol. The number of hydrogen-bond donors (Lipinski definition) is 1. The van der Waals surface area contributed by atoms with Crippen molar-refractivity contribution < 1.29 is 27.4 Å². The summed E-state index contributed by atoms with van der Waals surface area (Å²) in [4.78, 5) is 21.9. The minimum Gasteiger partial charge on any atom is -0.493 e. The number of methoxy groups -OCH3 is 3. The van der Waals surface area contributed by atoms with Gasteiger partial charge in [0.25, 0.3) is 5.56 Å². The molecule has 0 radical (unpaired) electrons. The van der Waals surface area contributed by atoms with Crippen molar-refractivity contribution >= 4 is 26.7 Å². The van der Waals surface area contributed by atoms with Crippen molar-refractivity contribution in [2.24, 2.45) is 0 Å². The van der Waals surface area contributed by atoms with E-state index < -0.39 is 15.8 Å². The van der Waals surface area contributed by atoms with Gasteiger partial charge in [-0.05, 0) is 17.7 Å². The van der Waals surface area contributed by atoms with Gasteiger partial charge in [-0.2, -0.15) is 0 Å². The molecule has 32 heavy (non-hydrogen) atoms. The summed E-state index contributed by atoms with van der Waals surface area (Å²) in [6, 6.07) is 8.65. The number of aromatic amines is 1. The maximum Gasteiger partial charge on any atom is 0.264 e. The Morgan fingerprint density at radius 1 is 1.06 bits per heavy atom. The molecule has 1 aromatic heterocycles. The average molecular weight is 464 g/mol. The summed E-state index contributed by atoms with van der Waals surface area (Å²) in [7, 11) is 2.90. The number of hydrogen-bond acceptors (Lipinski definition) is 9. The molecule has 0 spiro atoms. The Morgan fingerprint density at radius 3 is 2.41 bits per heavy atom. The van der Waals surface area contributed by atoms with E-state index in [1.54, 1.807) is 36.2 Å². The molecule has 0 saturated carbocycles. The fourth-order valence-electron chi connectivity index (χ4n) is 3.20. The molecule has 11 heteroatoms. The molecule has 0 aliphatic heterocycles. The van der Waals surface area contributed by atoms with Crippen molar-refractivity contribution in [3.63, 3.8) is 0 Å². The molecule has 1 N–H and O–H groups in total. The van der Waals surface area contributed by atoms with E-state index in [4.69, 9.17) is 18.9 Å². The van der Waals surface area contributed by atoms with Crippen molar-refractivity contribution in [2.45, 2.75) is 6.54 Å². The molecular formula is C21H25N3O7S. The van der Waals surface area contributed by atoms with Gasteiger partial charge in [0.2, 0.25) is 11.7 Å². The number of nitrogens with one attached hydrogen (secondary N) is 1. The van der Waals surface area contributed by atoms with E-state index >= 15 is 0 Å². The molecule has 172 valence electrons. The topological polar surface area (TPSA) is 120 Å². The van der Waals surface area contributed by atoms with Gasteiger partial charge in [0.05, 0.1) is 26.8 Å². The Morgan fingerprint density at radius 2 is 1.78 bits per heavy atom. The third kappa shape index (κ3) is 5.05. The van der Waals surface area contributed by atoms with E-state index in [2.05, 4.69) is 9.97 Å². The lowest BCUT2D eigenvalue weighted by atomic mass is 10.2. The molecule has 0 bridgehead atoms. The van der Waals surface area contributed by atoms with E-state index in [0.717, 1.165) is 11.8 Å². The lowest BCUT2D eigenvalue weighted by molar-refractivity contribution is 0.327. The summed E-state index contributed by atoms with van der Waals surface area (Å²) in [5.41, 5.74) is 0.835. The highest BCUT2D eigenvalue weighted by Crippen LogP contribution is 2.41. The van der Waals surface area contributed by atoms with Crippen molar-refractivity contribution in [2.75, 3.05) is 45.5 Å². The van der Waals surface area contributed by atoms with Gasteiger partial charge in [0.15, 0.2) is 27.3 Å². The first-order chi connectivity index (χ1) is 15.2. The standard InChI is InChI=1S/C21H25N3O7S/c1-24(11-13-7-6-8-14(9-13)31-12-32(5,26)27)21-22-15-10-16(28-2)18(29-3)19(30-4)17(15)20(25)23-21/h6-10H,11-12H2,1-5H3,(H,22,23,25). The number of nitrogens with zero attached hydrogens (tertiary/aromatic N) is 2. The van der Waals surface area contributed by atoms with Crippen LogP contribution < -0.4 is 29.4 Å². The van der Waals surface area contributed by atoms with Crippen LogP contribution in [0.4, 0.5) is 5.95 Å². The third-order valence-corrected chi connectivity index (χ3v) is 5.15. The predicted octanol–water partition coefficient (Wildman–Crippen LogP) is 1.97. The van der Waals surface area contributed by atoms with E-state index in [1.807, 2.05) is 6.07 Å². The summed E-state index contributed by atoms with van der Waals surface area (Å²) in [6.07, 6.45) is 1.10. The number of fused-ring (bicyclic) bond motifs is 1. The first-order valence-electron chi connectivity index (χ1n) is 9.50. The maximum absolute atomic E-state index is 12.9. The number of aromatic nitrogens is 2. The zero-order chi connectivity index (χ0) is 23.5. The number of benzene rings is 2. The van der Waals surface area contributed by atoms with Gasteiger partial charge in [-0.3, -0.25) is 9.78 Å². The SMILES string of the molecule is COc1cc2nc(N(C)Cc3cccc(OCS(C)(=O)=O)c3)[nH]c(=O)c2c(OC)c1OC. The minimum absolute atomic E-state index is 0.237. The summed E-state index contributed by atoms with van der Waals surface area (Å²) in [5.74, 6) is 1.29. The molecule has 3 rings (SSSR count). The fraction of sp³-hybridized carbons (Fsp3) is 0.333. The Kier molecular flexibility index (Phi) is 6.78. The Labute approximate surface area is 185 Å². The molecule has 0 fully saturated rings. The minimum atomic E-state index is -3.26. The summed E-state index contributed by atoms with van der Waals surface area (Å²) >= 11 is 0. The van der Waals surface area contributed by atoms with Crippen LogP contribution in [-0.2, 0) is 16.4 Å². The second-order valence-corrected chi connectivity index (χ2v) is 9.21. The maximum atomic E-state index is 12.9. The van der Waals surface area contributed by atoms with Gasteiger partial charge >= 0.3 is 0 Å². The summed E-state index contributed by atoms with van der Waals surface area (Å²) in [6.45, 7) is 0.384. The highest BCUT2D eigenvalue weighted by Gasteiger charge is 2.20. The number of ether oxygens (including phenoxy) is 4. The first-order valence-corrected chi connectivity index (χ1v) is 11.6. The molecule has 0 unspecified atom stereocenters. The van der Waals surface area contributed by atoms with Crippen LogP contribution in [-0.4, -0.2) is 59.0 Å². The second-order valence-electron chi connectivity index (χ2n) is 7.12. The van der Waals surface area contributed by atoms with Crippen LogP contribution in [0.3, 0.4) is 0 Å². The largest absolute Gasteiger partial charge is 0.493 e. The summed E-state index contributed by atoms with van der Waals surface area (Å²) in [5, 5.41) is 0.249. The van der Waals surface area contributed by atoms with Crippen LogP contribution in [0.1, 0.15) is 5.56 Å². The van der Waals surface area contributed by atoms with E-state index in [1.165, 1.54) is 21.3 Å². The van der Waals surface area contributed by atoms with Crippen molar-refractivity contribution in [3.05, 3.63) is 46.2 Å². The molecule has 2 aromatic carbocycles. The molecular weight excluding hydrogens is 438 g/mol. The highest BCUT2D eigenvalue weighted by atomic mass is 32.2. The highest BCUT2D eigenvalue weighted by molar-refractivity contribution is 7.90. The molecule has 0 aliphatic rings.